The van der Waals surface area contributed by atoms with Crippen LogP contribution in [0.2, 0.25) is 0 Å². The van der Waals surface area contributed by atoms with E-state index >= 15 is 0 Å². The highest BCUT2D eigenvalue weighted by molar-refractivity contribution is 5.48. The Morgan fingerprint density at radius 2 is 1.95 bits per heavy atom. The number of ether oxygens (including phenoxy) is 1. The van der Waals surface area contributed by atoms with Crippen molar-refractivity contribution in [1.82, 2.24) is 0 Å². The third-order valence-electron chi connectivity index (χ3n) is 2.79. The molecule has 3 nitrogen and oxygen atoms in total. The Hall–Kier alpha value is -2.30. The number of hydrogen-bond acceptors (Lipinski definition) is 3. The average Bonchev–Trinajstić information content (AvgIpc) is 2.43. The lowest BCUT2D eigenvalue weighted by molar-refractivity contribution is 0.321. The van der Waals surface area contributed by atoms with Crippen LogP contribution >= 0.6 is 0 Å². The third kappa shape index (κ3) is 3.17. The van der Waals surface area contributed by atoms with Crippen LogP contribution in [0, 0.1) is 11.6 Å². The van der Waals surface area contributed by atoms with Crippen molar-refractivity contribution in [2.45, 2.75) is 13.5 Å². The molecule has 0 spiro atoms. The standard InChI is InChI=1S/C15H15F2NO2/c1-2-20-14-7-6-11(8-13(14)17)18-9-10-4-3-5-12(16)15(10)19/h3-8,18-19H,2,9H2,1H3. The Morgan fingerprint density at radius 1 is 1.15 bits per heavy atom. The van der Waals surface area contributed by atoms with Crippen LogP contribution in [-0.2, 0) is 6.54 Å². The smallest absolute Gasteiger partial charge is 0.167 e. The van der Waals surface area contributed by atoms with Crippen LogP contribution in [-0.4, -0.2) is 11.7 Å². The van der Waals surface area contributed by atoms with Gasteiger partial charge in [0.05, 0.1) is 6.61 Å². The summed E-state index contributed by atoms with van der Waals surface area (Å²) in [4.78, 5) is 0. The Balaban J connectivity index is 2.07. The second-order valence-corrected chi connectivity index (χ2v) is 4.18. The zero-order valence-corrected chi connectivity index (χ0v) is 11.0. The molecule has 0 saturated heterocycles. The average molecular weight is 279 g/mol. The Morgan fingerprint density at radius 3 is 2.65 bits per heavy atom. The minimum Gasteiger partial charge on any atom is -0.505 e. The van der Waals surface area contributed by atoms with Gasteiger partial charge >= 0.3 is 0 Å². The van der Waals surface area contributed by atoms with Crippen molar-refractivity contribution in [2.24, 2.45) is 0 Å². The van der Waals surface area contributed by atoms with Crippen molar-refractivity contribution in [3.8, 4) is 11.5 Å². The zero-order valence-electron chi connectivity index (χ0n) is 11.0. The molecule has 0 aromatic heterocycles. The van der Waals surface area contributed by atoms with Crippen LogP contribution < -0.4 is 10.1 Å². The van der Waals surface area contributed by atoms with Gasteiger partial charge in [0, 0.05) is 23.9 Å². The van der Waals surface area contributed by atoms with Crippen LogP contribution in [0.15, 0.2) is 36.4 Å². The summed E-state index contributed by atoms with van der Waals surface area (Å²) in [6.07, 6.45) is 0. The Kier molecular flexibility index (Phi) is 4.40. The molecule has 0 aliphatic rings. The number of aromatic hydroxyl groups is 1. The number of rotatable bonds is 5. The molecule has 0 heterocycles. The zero-order chi connectivity index (χ0) is 14.5. The molecule has 2 aromatic carbocycles. The number of benzene rings is 2. The molecule has 2 N–H and O–H groups in total. The number of phenolic OH excluding ortho intramolecular Hbond substituents is 1. The molecule has 0 aliphatic carbocycles. The lowest BCUT2D eigenvalue weighted by Gasteiger charge is -2.10. The second kappa shape index (κ2) is 6.23. The van der Waals surface area contributed by atoms with Gasteiger partial charge in [0.1, 0.15) is 0 Å². The first-order valence-electron chi connectivity index (χ1n) is 6.24. The second-order valence-electron chi connectivity index (χ2n) is 4.18. The summed E-state index contributed by atoms with van der Waals surface area (Å²) in [5.74, 6) is -1.36. The fourth-order valence-corrected chi connectivity index (χ4v) is 1.78. The number of halogens is 2. The third-order valence-corrected chi connectivity index (χ3v) is 2.79. The van der Waals surface area contributed by atoms with Gasteiger partial charge < -0.3 is 15.2 Å². The number of anilines is 1. The van der Waals surface area contributed by atoms with Gasteiger partial charge in [0.15, 0.2) is 23.1 Å². The van der Waals surface area contributed by atoms with Crippen LogP contribution in [0.5, 0.6) is 11.5 Å². The molecule has 0 bridgehead atoms. The highest BCUT2D eigenvalue weighted by Crippen LogP contribution is 2.24. The lowest BCUT2D eigenvalue weighted by atomic mass is 10.2. The van der Waals surface area contributed by atoms with Gasteiger partial charge in [-0.15, -0.1) is 0 Å². The molecule has 2 aromatic rings. The molecule has 106 valence electrons. The maximum Gasteiger partial charge on any atom is 0.167 e. The molecular formula is C15H15F2NO2. The monoisotopic (exact) mass is 279 g/mol. The van der Waals surface area contributed by atoms with Gasteiger partial charge in [0.2, 0.25) is 0 Å². The van der Waals surface area contributed by atoms with Gasteiger partial charge in [-0.1, -0.05) is 12.1 Å². The van der Waals surface area contributed by atoms with E-state index in [1.165, 1.54) is 24.3 Å². The molecule has 2 rings (SSSR count). The van der Waals surface area contributed by atoms with E-state index in [2.05, 4.69) is 5.32 Å². The first kappa shape index (κ1) is 14.1. The molecule has 0 aliphatic heterocycles. The van der Waals surface area contributed by atoms with Gasteiger partial charge in [0.25, 0.3) is 0 Å². The van der Waals surface area contributed by atoms with E-state index in [9.17, 15) is 13.9 Å². The summed E-state index contributed by atoms with van der Waals surface area (Å²) in [6.45, 7) is 2.36. The van der Waals surface area contributed by atoms with E-state index < -0.39 is 17.4 Å². The van der Waals surface area contributed by atoms with E-state index in [1.54, 1.807) is 19.1 Å². The molecular weight excluding hydrogens is 264 g/mol. The van der Waals surface area contributed by atoms with Gasteiger partial charge in [-0.2, -0.15) is 0 Å². The summed E-state index contributed by atoms with van der Waals surface area (Å²) < 4.78 is 31.9. The van der Waals surface area contributed by atoms with E-state index in [0.717, 1.165) is 0 Å². The Labute approximate surface area is 115 Å². The fourth-order valence-electron chi connectivity index (χ4n) is 1.78. The lowest BCUT2D eigenvalue weighted by Crippen LogP contribution is -2.02. The maximum atomic E-state index is 13.6. The first-order valence-corrected chi connectivity index (χ1v) is 6.24. The van der Waals surface area contributed by atoms with Crippen molar-refractivity contribution >= 4 is 5.69 Å². The molecule has 5 heteroatoms. The fraction of sp³-hybridized carbons (Fsp3) is 0.200. The number of para-hydroxylation sites is 1. The maximum absolute atomic E-state index is 13.6. The normalized spacial score (nSPS) is 10.3. The summed E-state index contributed by atoms with van der Waals surface area (Å²) in [6, 6.07) is 8.74. The van der Waals surface area contributed by atoms with Crippen LogP contribution in [0.1, 0.15) is 12.5 Å². The van der Waals surface area contributed by atoms with Crippen LogP contribution in [0.25, 0.3) is 0 Å². The van der Waals surface area contributed by atoms with Crippen molar-refractivity contribution < 1.29 is 18.6 Å². The predicted octanol–water partition coefficient (Wildman–Crippen LogP) is 3.68. The van der Waals surface area contributed by atoms with Gasteiger partial charge in [-0.25, -0.2) is 8.78 Å². The van der Waals surface area contributed by atoms with Crippen molar-refractivity contribution in [3.05, 3.63) is 53.6 Å². The Bertz CT molecular complexity index is 602. The molecule has 0 radical (unpaired) electrons. The summed E-state index contributed by atoms with van der Waals surface area (Å²) in [5.41, 5.74) is 0.925. The van der Waals surface area contributed by atoms with E-state index in [0.29, 0.717) is 17.9 Å². The van der Waals surface area contributed by atoms with Crippen molar-refractivity contribution in [2.75, 3.05) is 11.9 Å². The summed E-state index contributed by atoms with van der Waals surface area (Å²) in [5, 5.41) is 12.5. The molecule has 0 atom stereocenters. The number of nitrogens with one attached hydrogen (secondary N) is 1. The molecule has 0 saturated carbocycles. The highest BCUT2D eigenvalue weighted by Gasteiger charge is 2.07. The molecule has 20 heavy (non-hydrogen) atoms. The molecule has 0 unspecified atom stereocenters. The number of phenols is 1. The van der Waals surface area contributed by atoms with Crippen molar-refractivity contribution in [1.29, 1.82) is 0 Å². The predicted molar refractivity (Wildman–Crippen MR) is 73.0 cm³/mol. The van der Waals surface area contributed by atoms with Crippen LogP contribution in [0.3, 0.4) is 0 Å². The van der Waals surface area contributed by atoms with Gasteiger partial charge in [-0.05, 0) is 25.1 Å². The minimum absolute atomic E-state index is 0.187. The van der Waals surface area contributed by atoms with Crippen LogP contribution in [0.4, 0.5) is 14.5 Å². The minimum atomic E-state index is -0.679. The summed E-state index contributed by atoms with van der Waals surface area (Å²) in [7, 11) is 0. The van der Waals surface area contributed by atoms with E-state index in [4.69, 9.17) is 4.74 Å². The largest absolute Gasteiger partial charge is 0.505 e. The van der Waals surface area contributed by atoms with E-state index in [-0.39, 0.29) is 12.3 Å². The van der Waals surface area contributed by atoms with Crippen molar-refractivity contribution in [3.63, 3.8) is 0 Å². The van der Waals surface area contributed by atoms with Gasteiger partial charge in [-0.3, -0.25) is 0 Å². The van der Waals surface area contributed by atoms with E-state index in [1.807, 2.05) is 0 Å². The summed E-state index contributed by atoms with van der Waals surface area (Å²) >= 11 is 0. The molecule has 0 fully saturated rings. The molecule has 0 amide bonds. The SMILES string of the molecule is CCOc1ccc(NCc2cccc(F)c2O)cc1F. The number of hydrogen-bond donors (Lipinski definition) is 2. The quantitative estimate of drug-likeness (QED) is 0.877. The highest BCUT2D eigenvalue weighted by atomic mass is 19.1. The first-order chi connectivity index (χ1) is 9.61. The topological polar surface area (TPSA) is 41.5 Å².